The number of rotatable bonds is 2. The first-order valence-electron chi connectivity index (χ1n) is 5.67. The minimum Gasteiger partial charge on any atom is -0.296 e. The van der Waals surface area contributed by atoms with E-state index in [0.29, 0.717) is 11.2 Å². The number of aromatic nitrogens is 1. The highest BCUT2D eigenvalue weighted by atomic mass is 35.5. The summed E-state index contributed by atoms with van der Waals surface area (Å²) in [6, 6.07) is 4.56. The van der Waals surface area contributed by atoms with Gasteiger partial charge in [-0.15, -0.1) is 0 Å². The van der Waals surface area contributed by atoms with Gasteiger partial charge in [0.1, 0.15) is 5.15 Å². The Labute approximate surface area is 96.3 Å². The molecule has 0 amide bonds. The molecule has 15 heavy (non-hydrogen) atoms. The van der Waals surface area contributed by atoms with Crippen LogP contribution < -0.4 is 0 Å². The fraction of sp³-hybridized carbons (Fsp3) is 0.583. The molecule has 3 heteroatoms. The van der Waals surface area contributed by atoms with Crippen molar-refractivity contribution in [2.75, 3.05) is 13.1 Å². The minimum atomic E-state index is 0.477. The van der Waals surface area contributed by atoms with Gasteiger partial charge in [0.15, 0.2) is 0 Å². The van der Waals surface area contributed by atoms with Crippen molar-refractivity contribution in [3.63, 3.8) is 0 Å². The summed E-state index contributed by atoms with van der Waals surface area (Å²) in [5, 5.41) is 0.669. The summed E-state index contributed by atoms with van der Waals surface area (Å²) < 4.78 is 0. The van der Waals surface area contributed by atoms with Gasteiger partial charge in [0.2, 0.25) is 0 Å². The largest absolute Gasteiger partial charge is 0.296 e. The van der Waals surface area contributed by atoms with Crippen LogP contribution in [-0.4, -0.2) is 23.0 Å². The van der Waals surface area contributed by atoms with Crippen LogP contribution in [-0.2, 0) is 0 Å². The van der Waals surface area contributed by atoms with Crippen molar-refractivity contribution in [3.05, 3.63) is 29.0 Å². The van der Waals surface area contributed by atoms with Crippen molar-refractivity contribution < 1.29 is 0 Å². The molecule has 1 aromatic heterocycles. The van der Waals surface area contributed by atoms with E-state index >= 15 is 0 Å². The molecule has 1 aliphatic rings. The highest BCUT2D eigenvalue weighted by Gasteiger charge is 2.24. The molecule has 1 aromatic rings. The number of pyridine rings is 1. The molecule has 2 nitrogen and oxygen atoms in total. The molecular weight excluding hydrogens is 208 g/mol. The molecule has 0 saturated carbocycles. The highest BCUT2D eigenvalue weighted by molar-refractivity contribution is 6.30. The number of nitrogens with zero attached hydrogens (tertiary/aromatic N) is 2. The zero-order valence-corrected chi connectivity index (χ0v) is 9.87. The molecule has 1 unspecified atom stereocenters. The molecule has 1 fully saturated rings. The third kappa shape index (κ3) is 2.32. The summed E-state index contributed by atoms with van der Waals surface area (Å²) in [5.74, 6) is 0. The Hall–Kier alpha value is -0.600. The lowest BCUT2D eigenvalue weighted by atomic mass is 9.96. The van der Waals surface area contributed by atoms with Crippen molar-refractivity contribution in [2.45, 2.75) is 32.2 Å². The van der Waals surface area contributed by atoms with Crippen molar-refractivity contribution in [1.82, 2.24) is 9.88 Å². The standard InChI is InChI=1S/C12H17ClN2/c1-2-15-9-4-3-7-11(15)10-6-5-8-14-12(10)13/h5-6,8,11H,2-4,7,9H2,1H3. The molecule has 0 aliphatic carbocycles. The molecule has 82 valence electrons. The van der Waals surface area contributed by atoms with Crippen LogP contribution in [0.1, 0.15) is 37.8 Å². The number of halogens is 1. The highest BCUT2D eigenvalue weighted by Crippen LogP contribution is 2.33. The Morgan fingerprint density at radius 1 is 1.53 bits per heavy atom. The molecule has 1 aliphatic heterocycles. The maximum Gasteiger partial charge on any atom is 0.133 e. The Morgan fingerprint density at radius 2 is 2.40 bits per heavy atom. The summed E-state index contributed by atoms with van der Waals surface area (Å²) in [6.45, 7) is 4.49. The smallest absolute Gasteiger partial charge is 0.133 e. The van der Waals surface area contributed by atoms with Gasteiger partial charge in [-0.25, -0.2) is 4.98 Å². The molecule has 2 rings (SSSR count). The summed E-state index contributed by atoms with van der Waals surface area (Å²) in [4.78, 5) is 6.65. The lowest BCUT2D eigenvalue weighted by molar-refractivity contribution is 0.157. The van der Waals surface area contributed by atoms with E-state index in [9.17, 15) is 0 Å². The molecule has 2 heterocycles. The summed E-state index contributed by atoms with van der Waals surface area (Å²) >= 11 is 6.14. The van der Waals surface area contributed by atoms with Crippen LogP contribution in [0.5, 0.6) is 0 Å². The Kier molecular flexibility index (Phi) is 3.60. The van der Waals surface area contributed by atoms with Crippen LogP contribution in [0.4, 0.5) is 0 Å². The lowest BCUT2D eigenvalue weighted by Crippen LogP contribution is -2.33. The van der Waals surface area contributed by atoms with Gasteiger partial charge in [0.05, 0.1) is 0 Å². The Morgan fingerprint density at radius 3 is 3.13 bits per heavy atom. The second-order valence-corrected chi connectivity index (χ2v) is 4.38. The summed E-state index contributed by atoms with van der Waals surface area (Å²) in [5.41, 5.74) is 1.20. The van der Waals surface area contributed by atoms with Gasteiger partial charge >= 0.3 is 0 Å². The molecule has 1 atom stereocenters. The first-order valence-corrected chi connectivity index (χ1v) is 6.05. The van der Waals surface area contributed by atoms with E-state index in [1.54, 1.807) is 6.20 Å². The van der Waals surface area contributed by atoms with E-state index in [-0.39, 0.29) is 0 Å². The monoisotopic (exact) mass is 224 g/mol. The van der Waals surface area contributed by atoms with Crippen molar-refractivity contribution in [1.29, 1.82) is 0 Å². The van der Waals surface area contributed by atoms with Crippen molar-refractivity contribution in [2.24, 2.45) is 0 Å². The quantitative estimate of drug-likeness (QED) is 0.717. The average Bonchev–Trinajstić information content (AvgIpc) is 2.30. The van der Waals surface area contributed by atoms with Gasteiger partial charge in [-0.2, -0.15) is 0 Å². The van der Waals surface area contributed by atoms with E-state index in [1.807, 2.05) is 6.07 Å². The summed E-state index contributed by atoms with van der Waals surface area (Å²) in [7, 11) is 0. The van der Waals surface area contributed by atoms with Crippen molar-refractivity contribution >= 4 is 11.6 Å². The van der Waals surface area contributed by atoms with Gasteiger partial charge in [-0.05, 0) is 32.0 Å². The van der Waals surface area contributed by atoms with Gasteiger partial charge < -0.3 is 0 Å². The molecule has 0 bridgehead atoms. The van der Waals surface area contributed by atoms with Crippen LogP contribution in [0.3, 0.4) is 0 Å². The summed E-state index contributed by atoms with van der Waals surface area (Å²) in [6.07, 6.45) is 5.57. The van der Waals surface area contributed by atoms with Crippen LogP contribution in [0.15, 0.2) is 18.3 Å². The van der Waals surface area contributed by atoms with Crippen molar-refractivity contribution in [3.8, 4) is 0 Å². The van der Waals surface area contributed by atoms with Crippen LogP contribution in [0.2, 0.25) is 5.15 Å². The SMILES string of the molecule is CCN1CCCCC1c1cccnc1Cl. The normalized spacial score (nSPS) is 22.9. The maximum atomic E-state index is 6.14. The molecule has 0 N–H and O–H groups in total. The molecule has 1 saturated heterocycles. The fourth-order valence-electron chi connectivity index (χ4n) is 2.37. The second kappa shape index (κ2) is 4.95. The number of likely N-dealkylation sites (tertiary alicyclic amines) is 1. The molecule has 0 spiro atoms. The van der Waals surface area contributed by atoms with E-state index < -0.39 is 0 Å². The van der Waals surface area contributed by atoms with Gasteiger partial charge in [0.25, 0.3) is 0 Å². The molecule has 0 radical (unpaired) electrons. The average molecular weight is 225 g/mol. The first kappa shape index (κ1) is 10.9. The number of hydrogen-bond donors (Lipinski definition) is 0. The Balaban J connectivity index is 2.24. The molecule has 0 aromatic carbocycles. The van der Waals surface area contributed by atoms with Gasteiger partial charge in [-0.1, -0.05) is 31.0 Å². The maximum absolute atomic E-state index is 6.14. The van der Waals surface area contributed by atoms with Crippen LogP contribution >= 0.6 is 11.6 Å². The number of hydrogen-bond acceptors (Lipinski definition) is 2. The van der Waals surface area contributed by atoms with Gasteiger partial charge in [0, 0.05) is 17.8 Å². The third-order valence-corrected chi connectivity index (χ3v) is 3.48. The van der Waals surface area contributed by atoms with Gasteiger partial charge in [-0.3, -0.25) is 4.90 Å². The second-order valence-electron chi connectivity index (χ2n) is 4.02. The van der Waals surface area contributed by atoms with Crippen LogP contribution in [0, 0.1) is 0 Å². The van der Waals surface area contributed by atoms with E-state index in [1.165, 1.54) is 31.4 Å². The number of piperidine rings is 1. The zero-order chi connectivity index (χ0) is 10.7. The molecular formula is C12H17ClN2. The zero-order valence-electron chi connectivity index (χ0n) is 9.12. The van der Waals surface area contributed by atoms with E-state index in [2.05, 4.69) is 22.9 Å². The predicted octanol–water partition coefficient (Wildman–Crippen LogP) is 3.28. The minimum absolute atomic E-state index is 0.477. The van der Waals surface area contributed by atoms with E-state index in [0.717, 1.165) is 6.54 Å². The first-order chi connectivity index (χ1) is 7.33. The topological polar surface area (TPSA) is 16.1 Å². The lowest BCUT2D eigenvalue weighted by Gasteiger charge is -2.35. The fourth-order valence-corrected chi connectivity index (χ4v) is 2.61. The third-order valence-electron chi connectivity index (χ3n) is 3.17. The Bertz CT molecular complexity index is 327. The predicted molar refractivity (Wildman–Crippen MR) is 63.1 cm³/mol. The van der Waals surface area contributed by atoms with E-state index in [4.69, 9.17) is 11.6 Å². The van der Waals surface area contributed by atoms with Crippen LogP contribution in [0.25, 0.3) is 0 Å².